The Kier molecular flexibility index (Phi) is 5.14. The number of hydrogen-bond acceptors (Lipinski definition) is 3. The molecule has 0 spiro atoms. The lowest BCUT2D eigenvalue weighted by molar-refractivity contribution is 0.310. The van der Waals surface area contributed by atoms with E-state index >= 15 is 0 Å². The minimum atomic E-state index is 0.507. The monoisotopic (exact) mass is 202 g/mol. The second-order valence-electron chi connectivity index (χ2n) is 4.31. The minimum Gasteiger partial charge on any atom is -0.271 e. The van der Waals surface area contributed by atoms with E-state index in [2.05, 4.69) is 31.0 Å². The summed E-state index contributed by atoms with van der Waals surface area (Å²) in [5.41, 5.74) is 2.94. The Morgan fingerprint density at radius 3 is 2.46 bits per heavy atom. The smallest absolute Gasteiger partial charge is 0.0236 e. The second kappa shape index (κ2) is 5.89. The molecule has 1 atom stereocenters. The van der Waals surface area contributed by atoms with Crippen molar-refractivity contribution in [2.45, 2.75) is 39.2 Å². The molecular weight excluding hydrogens is 180 g/mol. The van der Waals surface area contributed by atoms with Crippen LogP contribution in [0.1, 0.15) is 33.1 Å². The van der Waals surface area contributed by atoms with Gasteiger partial charge in [0.1, 0.15) is 0 Å². The van der Waals surface area contributed by atoms with Crippen LogP contribution in [0.25, 0.3) is 0 Å². The maximum Gasteiger partial charge on any atom is 0.0236 e. The molecule has 0 saturated carbocycles. The van der Waals surface area contributed by atoms with Crippen molar-refractivity contribution >= 4 is 11.8 Å². The van der Waals surface area contributed by atoms with E-state index in [-0.39, 0.29) is 0 Å². The van der Waals surface area contributed by atoms with Crippen LogP contribution in [0.3, 0.4) is 0 Å². The summed E-state index contributed by atoms with van der Waals surface area (Å²) in [6.07, 6.45) is 4.03. The standard InChI is InChI=1S/C10H22N2S/c1-8(2)10(12-11)7-9-3-5-13-6-4-9/h8-10,12H,3-7,11H2,1-2H3. The Balaban J connectivity index is 2.27. The topological polar surface area (TPSA) is 38.0 Å². The van der Waals surface area contributed by atoms with E-state index in [1.54, 1.807) is 0 Å². The van der Waals surface area contributed by atoms with Gasteiger partial charge in [0.2, 0.25) is 0 Å². The fourth-order valence-electron chi connectivity index (χ4n) is 1.87. The van der Waals surface area contributed by atoms with Gasteiger partial charge in [0.25, 0.3) is 0 Å². The van der Waals surface area contributed by atoms with Gasteiger partial charge >= 0.3 is 0 Å². The summed E-state index contributed by atoms with van der Waals surface area (Å²) in [4.78, 5) is 0. The number of rotatable bonds is 4. The highest BCUT2D eigenvalue weighted by Gasteiger charge is 2.20. The molecule has 1 unspecified atom stereocenters. The highest BCUT2D eigenvalue weighted by molar-refractivity contribution is 7.99. The molecule has 1 aliphatic heterocycles. The average Bonchev–Trinajstić information content (AvgIpc) is 2.15. The zero-order valence-electron chi connectivity index (χ0n) is 8.75. The predicted octanol–water partition coefficient (Wildman–Crippen LogP) is 2.01. The van der Waals surface area contributed by atoms with Gasteiger partial charge in [0.15, 0.2) is 0 Å². The molecule has 0 aromatic heterocycles. The molecule has 0 aliphatic carbocycles. The molecule has 1 aliphatic rings. The van der Waals surface area contributed by atoms with Gasteiger partial charge in [-0.05, 0) is 42.6 Å². The van der Waals surface area contributed by atoms with Gasteiger partial charge < -0.3 is 0 Å². The van der Waals surface area contributed by atoms with Crippen LogP contribution in [0, 0.1) is 11.8 Å². The Morgan fingerprint density at radius 1 is 1.38 bits per heavy atom. The van der Waals surface area contributed by atoms with Crippen molar-refractivity contribution in [1.29, 1.82) is 0 Å². The number of hydrazine groups is 1. The van der Waals surface area contributed by atoms with Crippen LogP contribution in [0.2, 0.25) is 0 Å². The summed E-state index contributed by atoms with van der Waals surface area (Å²) in [5.74, 6) is 9.79. The SMILES string of the molecule is CC(C)C(CC1CCSCC1)NN. The number of hydrogen-bond donors (Lipinski definition) is 2. The van der Waals surface area contributed by atoms with Crippen LogP contribution in [-0.2, 0) is 0 Å². The highest BCUT2D eigenvalue weighted by Crippen LogP contribution is 2.27. The third-order valence-electron chi connectivity index (χ3n) is 2.95. The zero-order chi connectivity index (χ0) is 9.68. The van der Waals surface area contributed by atoms with Gasteiger partial charge in [0.05, 0.1) is 0 Å². The first-order valence-electron chi connectivity index (χ1n) is 5.28. The lowest BCUT2D eigenvalue weighted by Gasteiger charge is -2.27. The van der Waals surface area contributed by atoms with Crippen LogP contribution in [-0.4, -0.2) is 17.5 Å². The molecule has 0 aromatic rings. The van der Waals surface area contributed by atoms with Gasteiger partial charge in [-0.25, -0.2) is 0 Å². The van der Waals surface area contributed by atoms with E-state index in [0.717, 1.165) is 5.92 Å². The molecule has 0 radical (unpaired) electrons. The average molecular weight is 202 g/mol. The van der Waals surface area contributed by atoms with Crippen LogP contribution < -0.4 is 11.3 Å². The van der Waals surface area contributed by atoms with E-state index in [9.17, 15) is 0 Å². The van der Waals surface area contributed by atoms with Gasteiger partial charge in [-0.15, -0.1) is 0 Å². The molecule has 13 heavy (non-hydrogen) atoms. The van der Waals surface area contributed by atoms with E-state index in [0.29, 0.717) is 12.0 Å². The lowest BCUT2D eigenvalue weighted by Crippen LogP contribution is -2.40. The Hall–Kier alpha value is 0.270. The lowest BCUT2D eigenvalue weighted by atomic mass is 9.89. The molecule has 2 nitrogen and oxygen atoms in total. The van der Waals surface area contributed by atoms with E-state index in [1.807, 2.05) is 0 Å². The Bertz CT molecular complexity index is 133. The van der Waals surface area contributed by atoms with Crippen molar-refractivity contribution in [3.8, 4) is 0 Å². The summed E-state index contributed by atoms with van der Waals surface area (Å²) in [7, 11) is 0. The van der Waals surface area contributed by atoms with Crippen molar-refractivity contribution in [3.63, 3.8) is 0 Å². The van der Waals surface area contributed by atoms with Crippen molar-refractivity contribution in [3.05, 3.63) is 0 Å². The van der Waals surface area contributed by atoms with E-state index in [1.165, 1.54) is 30.8 Å². The summed E-state index contributed by atoms with van der Waals surface area (Å²) in [6, 6.07) is 0.507. The van der Waals surface area contributed by atoms with Crippen LogP contribution in [0.5, 0.6) is 0 Å². The molecule has 3 heteroatoms. The van der Waals surface area contributed by atoms with Crippen molar-refractivity contribution in [1.82, 2.24) is 5.43 Å². The van der Waals surface area contributed by atoms with Gasteiger partial charge in [-0.1, -0.05) is 13.8 Å². The van der Waals surface area contributed by atoms with E-state index < -0.39 is 0 Å². The van der Waals surface area contributed by atoms with E-state index in [4.69, 9.17) is 5.84 Å². The highest BCUT2D eigenvalue weighted by atomic mass is 32.2. The quantitative estimate of drug-likeness (QED) is 0.541. The molecule has 1 heterocycles. The van der Waals surface area contributed by atoms with Crippen LogP contribution in [0.15, 0.2) is 0 Å². The minimum absolute atomic E-state index is 0.507. The van der Waals surface area contributed by atoms with Gasteiger partial charge in [0, 0.05) is 6.04 Å². The summed E-state index contributed by atoms with van der Waals surface area (Å²) < 4.78 is 0. The molecule has 1 fully saturated rings. The second-order valence-corrected chi connectivity index (χ2v) is 5.53. The number of nitrogens with two attached hydrogens (primary N) is 1. The molecule has 3 N–H and O–H groups in total. The fraction of sp³-hybridized carbons (Fsp3) is 1.00. The predicted molar refractivity (Wildman–Crippen MR) is 60.6 cm³/mol. The Labute approximate surface area is 86.0 Å². The fourth-order valence-corrected chi connectivity index (χ4v) is 3.08. The van der Waals surface area contributed by atoms with Crippen molar-refractivity contribution < 1.29 is 0 Å². The van der Waals surface area contributed by atoms with Gasteiger partial charge in [-0.2, -0.15) is 11.8 Å². The third kappa shape index (κ3) is 3.88. The summed E-state index contributed by atoms with van der Waals surface area (Å²) >= 11 is 2.09. The largest absolute Gasteiger partial charge is 0.271 e. The third-order valence-corrected chi connectivity index (χ3v) is 4.00. The maximum atomic E-state index is 5.54. The zero-order valence-corrected chi connectivity index (χ0v) is 9.57. The molecule has 0 bridgehead atoms. The molecule has 1 saturated heterocycles. The number of nitrogens with one attached hydrogen (secondary N) is 1. The first kappa shape index (κ1) is 11.3. The molecule has 1 rings (SSSR count). The Morgan fingerprint density at radius 2 is 2.00 bits per heavy atom. The molecule has 0 amide bonds. The summed E-state index contributed by atoms with van der Waals surface area (Å²) in [5, 5.41) is 0. The first-order valence-corrected chi connectivity index (χ1v) is 6.43. The molecule has 78 valence electrons. The molecule has 0 aromatic carbocycles. The first-order chi connectivity index (χ1) is 6.24. The normalized spacial score (nSPS) is 22.2. The number of thioether (sulfide) groups is 1. The van der Waals surface area contributed by atoms with Crippen LogP contribution in [0.4, 0.5) is 0 Å². The van der Waals surface area contributed by atoms with Crippen molar-refractivity contribution in [2.24, 2.45) is 17.7 Å². The van der Waals surface area contributed by atoms with Crippen LogP contribution >= 0.6 is 11.8 Å². The van der Waals surface area contributed by atoms with Crippen molar-refractivity contribution in [2.75, 3.05) is 11.5 Å². The maximum absolute atomic E-state index is 5.54. The van der Waals surface area contributed by atoms with Gasteiger partial charge in [-0.3, -0.25) is 11.3 Å². The molecular formula is C10H22N2S. The summed E-state index contributed by atoms with van der Waals surface area (Å²) in [6.45, 7) is 4.48.